The van der Waals surface area contributed by atoms with Crippen LogP contribution in [0, 0.1) is 0 Å². The first-order chi connectivity index (χ1) is 14.6. The van der Waals surface area contributed by atoms with Crippen molar-refractivity contribution in [2.75, 3.05) is 42.7 Å². The summed E-state index contributed by atoms with van der Waals surface area (Å²) in [5, 5.41) is 0. The number of hydrogen-bond donors (Lipinski definition) is 0. The molecule has 0 fully saturated rings. The fourth-order valence-electron chi connectivity index (χ4n) is 4.11. The van der Waals surface area contributed by atoms with Gasteiger partial charge in [-0.05, 0) is 29.8 Å². The van der Waals surface area contributed by atoms with Crippen LogP contribution in [0.5, 0.6) is 23.0 Å². The minimum Gasteiger partial charge on any atom is -0.494 e. The van der Waals surface area contributed by atoms with E-state index in [0.29, 0.717) is 41.2 Å². The molecule has 0 N–H and O–H groups in total. The zero-order valence-electron chi connectivity index (χ0n) is 18.0. The lowest BCUT2D eigenvalue weighted by Crippen LogP contribution is -2.30. The summed E-state index contributed by atoms with van der Waals surface area (Å²) in [6.45, 7) is 0.533. The maximum absolute atomic E-state index is 5.93. The van der Waals surface area contributed by atoms with E-state index in [1.807, 2.05) is 30.3 Å². The highest BCUT2D eigenvalue weighted by Crippen LogP contribution is 2.49. The van der Waals surface area contributed by atoms with Gasteiger partial charge in [-0.3, -0.25) is 0 Å². The van der Waals surface area contributed by atoms with Crippen molar-refractivity contribution < 1.29 is 28.4 Å². The van der Waals surface area contributed by atoms with Gasteiger partial charge in [0.05, 0.1) is 54.9 Å². The molecule has 4 rings (SSSR count). The first-order valence-electron chi connectivity index (χ1n) is 9.43. The van der Waals surface area contributed by atoms with Gasteiger partial charge in [-0.1, -0.05) is 0 Å². The fourth-order valence-corrected chi connectivity index (χ4v) is 4.11. The molecule has 2 heterocycles. The van der Waals surface area contributed by atoms with Gasteiger partial charge in [0.25, 0.3) is 0 Å². The van der Waals surface area contributed by atoms with Gasteiger partial charge in [0.2, 0.25) is 0 Å². The molecule has 2 aliphatic heterocycles. The molecule has 0 aromatic heterocycles. The Bertz CT molecular complexity index is 1060. The van der Waals surface area contributed by atoms with Gasteiger partial charge in [-0.15, -0.1) is 0 Å². The topological polar surface area (TPSA) is 58.6 Å². The Morgan fingerprint density at radius 2 is 1.40 bits per heavy atom. The molecule has 0 unspecified atom stereocenters. The van der Waals surface area contributed by atoms with Crippen LogP contribution in [0.25, 0.3) is 17.5 Å². The predicted molar refractivity (Wildman–Crippen MR) is 113 cm³/mol. The monoisotopic (exact) mass is 411 g/mol. The minimum atomic E-state index is 0.533. The fraction of sp³-hybridized carbons (Fsp3) is 0.304. The van der Waals surface area contributed by atoms with E-state index < -0.39 is 0 Å². The normalized spacial score (nSPS) is 14.2. The lowest BCUT2D eigenvalue weighted by Gasteiger charge is -2.38. The molecule has 2 aromatic rings. The van der Waals surface area contributed by atoms with E-state index >= 15 is 0 Å². The molecule has 2 aromatic carbocycles. The summed E-state index contributed by atoms with van der Waals surface area (Å²) in [7, 11) is 9.83. The Labute approximate surface area is 176 Å². The highest BCUT2D eigenvalue weighted by Gasteiger charge is 2.36. The van der Waals surface area contributed by atoms with Gasteiger partial charge in [0, 0.05) is 22.8 Å². The molecule has 0 amide bonds. The minimum absolute atomic E-state index is 0.533. The maximum Gasteiger partial charge on any atom is 0.194 e. The molecule has 0 saturated heterocycles. The van der Waals surface area contributed by atoms with E-state index in [2.05, 4.69) is 4.90 Å². The Morgan fingerprint density at radius 1 is 0.700 bits per heavy atom. The SMILES string of the molecule is COC1=Cc2cc(OC)c(OC)cc2C2=C(OC)c3ccc(OC)c(OC)c3CN12. The van der Waals surface area contributed by atoms with E-state index in [-0.39, 0.29) is 0 Å². The number of methoxy groups -OCH3 is 6. The lowest BCUT2D eigenvalue weighted by molar-refractivity contribution is 0.190. The van der Waals surface area contributed by atoms with Crippen LogP contribution < -0.4 is 18.9 Å². The Kier molecular flexibility index (Phi) is 5.11. The molecular weight excluding hydrogens is 386 g/mol. The summed E-state index contributed by atoms with van der Waals surface area (Å²) in [5.41, 5.74) is 4.72. The molecule has 30 heavy (non-hydrogen) atoms. The predicted octanol–water partition coefficient (Wildman–Crippen LogP) is 3.97. The lowest BCUT2D eigenvalue weighted by atomic mass is 9.90. The summed E-state index contributed by atoms with van der Waals surface area (Å²) in [5.74, 6) is 4.05. The van der Waals surface area contributed by atoms with Crippen LogP contribution in [0.3, 0.4) is 0 Å². The molecule has 7 heteroatoms. The van der Waals surface area contributed by atoms with Crippen molar-refractivity contribution >= 4 is 17.5 Å². The van der Waals surface area contributed by atoms with Crippen molar-refractivity contribution in [1.82, 2.24) is 4.90 Å². The van der Waals surface area contributed by atoms with Crippen LogP contribution >= 0.6 is 0 Å². The van der Waals surface area contributed by atoms with Crippen LogP contribution in [0.1, 0.15) is 22.3 Å². The number of rotatable bonds is 6. The van der Waals surface area contributed by atoms with Crippen LogP contribution in [0.2, 0.25) is 0 Å². The molecule has 158 valence electrons. The molecule has 0 bridgehead atoms. The van der Waals surface area contributed by atoms with Gasteiger partial charge in [-0.2, -0.15) is 0 Å². The van der Waals surface area contributed by atoms with Gasteiger partial charge in [0.1, 0.15) is 0 Å². The molecule has 0 spiro atoms. The third-order valence-electron chi connectivity index (χ3n) is 5.46. The van der Waals surface area contributed by atoms with E-state index in [4.69, 9.17) is 28.4 Å². The molecule has 0 radical (unpaired) electrons. The highest BCUT2D eigenvalue weighted by molar-refractivity contribution is 5.95. The van der Waals surface area contributed by atoms with Gasteiger partial charge in [0.15, 0.2) is 34.6 Å². The summed E-state index contributed by atoms with van der Waals surface area (Å²) in [6.07, 6.45) is 1.98. The van der Waals surface area contributed by atoms with Gasteiger partial charge < -0.3 is 33.3 Å². The van der Waals surface area contributed by atoms with Crippen LogP contribution in [0.15, 0.2) is 30.1 Å². The van der Waals surface area contributed by atoms with Crippen LogP contribution in [-0.4, -0.2) is 47.6 Å². The quantitative estimate of drug-likeness (QED) is 0.713. The largest absolute Gasteiger partial charge is 0.494 e. The van der Waals surface area contributed by atoms with Crippen LogP contribution in [0.4, 0.5) is 0 Å². The van der Waals surface area contributed by atoms with Gasteiger partial charge in [-0.25, -0.2) is 0 Å². The summed E-state index contributed by atoms with van der Waals surface area (Å²) >= 11 is 0. The molecule has 7 nitrogen and oxygen atoms in total. The van der Waals surface area contributed by atoms with E-state index in [1.54, 1.807) is 42.7 Å². The number of fused-ring (bicyclic) bond motifs is 4. The third-order valence-corrected chi connectivity index (χ3v) is 5.46. The standard InChI is InChI=1S/C23H25NO6/c1-25-17-8-7-14-16(22(17)29-5)12-24-20(28-4)10-13-9-18(26-2)19(27-3)11-15(13)21(24)23(14)30-6/h7-11H,12H2,1-6H3. The summed E-state index contributed by atoms with van der Waals surface area (Å²) in [6, 6.07) is 7.78. The zero-order valence-corrected chi connectivity index (χ0v) is 18.0. The smallest absolute Gasteiger partial charge is 0.194 e. The second kappa shape index (κ2) is 7.74. The molecule has 0 aliphatic carbocycles. The first kappa shape index (κ1) is 19.8. The Morgan fingerprint density at radius 3 is 2.00 bits per heavy atom. The number of benzene rings is 2. The number of hydrogen-bond acceptors (Lipinski definition) is 7. The number of nitrogens with zero attached hydrogens (tertiary/aromatic N) is 1. The average molecular weight is 411 g/mol. The van der Waals surface area contributed by atoms with Crippen molar-refractivity contribution in [3.8, 4) is 23.0 Å². The summed E-state index contributed by atoms with van der Waals surface area (Å²) in [4.78, 5) is 2.07. The van der Waals surface area contributed by atoms with E-state index in [9.17, 15) is 0 Å². The molecule has 2 aliphatic rings. The first-order valence-corrected chi connectivity index (χ1v) is 9.43. The summed E-state index contributed by atoms with van der Waals surface area (Å²) < 4.78 is 33.9. The molecule has 0 saturated carbocycles. The second-order valence-electron chi connectivity index (χ2n) is 6.78. The Balaban J connectivity index is 2.04. The van der Waals surface area contributed by atoms with Crippen molar-refractivity contribution in [1.29, 1.82) is 0 Å². The molecular formula is C23H25NO6. The van der Waals surface area contributed by atoms with E-state index in [1.165, 1.54) is 0 Å². The Hall–Kier alpha value is -3.48. The number of ether oxygens (including phenoxy) is 6. The van der Waals surface area contributed by atoms with Crippen LogP contribution in [-0.2, 0) is 16.0 Å². The highest BCUT2D eigenvalue weighted by atomic mass is 16.5. The third kappa shape index (κ3) is 2.81. The van der Waals surface area contributed by atoms with Crippen molar-refractivity contribution in [2.24, 2.45) is 0 Å². The average Bonchev–Trinajstić information content (AvgIpc) is 2.79. The van der Waals surface area contributed by atoms with Crippen molar-refractivity contribution in [2.45, 2.75) is 6.54 Å². The van der Waals surface area contributed by atoms with E-state index in [0.717, 1.165) is 28.0 Å². The molecule has 0 atom stereocenters. The second-order valence-corrected chi connectivity index (χ2v) is 6.78. The zero-order chi connectivity index (χ0) is 21.4. The maximum atomic E-state index is 5.93. The van der Waals surface area contributed by atoms with Crippen molar-refractivity contribution in [3.05, 3.63) is 52.4 Å². The van der Waals surface area contributed by atoms with Gasteiger partial charge >= 0.3 is 0 Å². The van der Waals surface area contributed by atoms with Crippen molar-refractivity contribution in [3.63, 3.8) is 0 Å².